The second-order valence-electron chi connectivity index (χ2n) is 5.02. The minimum atomic E-state index is -1.24. The fraction of sp³-hybridized carbons (Fsp3) is 0.727. The van der Waals surface area contributed by atoms with Crippen molar-refractivity contribution in [2.24, 2.45) is 5.73 Å². The van der Waals surface area contributed by atoms with E-state index in [-0.39, 0.29) is 19.1 Å². The minimum absolute atomic E-state index is 0.161. The van der Waals surface area contributed by atoms with Gasteiger partial charge in [0.25, 0.3) is 0 Å². The molecule has 0 aromatic rings. The number of urea groups is 1. The molecule has 1 saturated heterocycles. The average Bonchev–Trinajstić information content (AvgIpc) is 2.72. The molecule has 0 bridgehead atoms. The lowest BCUT2D eigenvalue weighted by Crippen LogP contribution is -2.58. The molecule has 1 rings (SSSR count). The standard InChI is InChI=1S/C11H19N3O5/c1-11(2,9(12)17)13-10(18)14-5-6(19-3)4-7(14)8(15)16/h6-7H,4-5H2,1-3H3,(H2,12,17)(H,13,18)(H,15,16). The zero-order valence-corrected chi connectivity index (χ0v) is 11.2. The van der Waals surface area contributed by atoms with Gasteiger partial charge in [0.05, 0.1) is 6.10 Å². The summed E-state index contributed by atoms with van der Waals surface area (Å²) in [6, 6.07) is -1.61. The quantitative estimate of drug-likeness (QED) is 0.615. The van der Waals surface area contributed by atoms with E-state index < -0.39 is 29.5 Å². The number of primary amides is 1. The third-order valence-electron chi connectivity index (χ3n) is 3.18. The summed E-state index contributed by atoms with van der Waals surface area (Å²) in [6.07, 6.45) is -0.112. The van der Waals surface area contributed by atoms with Gasteiger partial charge in [-0.25, -0.2) is 9.59 Å². The number of carboxylic acid groups (broad SMARTS) is 1. The monoisotopic (exact) mass is 273 g/mol. The molecule has 0 saturated carbocycles. The second kappa shape index (κ2) is 5.43. The molecule has 2 unspecified atom stereocenters. The van der Waals surface area contributed by atoms with Gasteiger partial charge in [0.15, 0.2) is 0 Å². The molecule has 4 N–H and O–H groups in total. The highest BCUT2D eigenvalue weighted by molar-refractivity contribution is 5.90. The van der Waals surface area contributed by atoms with Gasteiger partial charge in [-0.05, 0) is 13.8 Å². The number of rotatable bonds is 4. The van der Waals surface area contributed by atoms with Gasteiger partial charge in [-0.2, -0.15) is 0 Å². The highest BCUT2D eigenvalue weighted by Gasteiger charge is 2.41. The zero-order chi connectivity index (χ0) is 14.8. The van der Waals surface area contributed by atoms with Crippen LogP contribution in [0.3, 0.4) is 0 Å². The first-order chi connectivity index (χ1) is 8.69. The van der Waals surface area contributed by atoms with E-state index in [1.165, 1.54) is 21.0 Å². The van der Waals surface area contributed by atoms with Gasteiger partial charge in [0, 0.05) is 20.1 Å². The smallest absolute Gasteiger partial charge is 0.326 e. The molecule has 2 atom stereocenters. The number of likely N-dealkylation sites (tertiary alicyclic amines) is 1. The van der Waals surface area contributed by atoms with Crippen molar-refractivity contribution in [3.05, 3.63) is 0 Å². The van der Waals surface area contributed by atoms with Gasteiger partial charge in [-0.1, -0.05) is 0 Å². The van der Waals surface area contributed by atoms with Gasteiger partial charge in [-0.15, -0.1) is 0 Å². The fourth-order valence-electron chi connectivity index (χ4n) is 1.83. The van der Waals surface area contributed by atoms with Crippen LogP contribution in [-0.4, -0.2) is 59.3 Å². The van der Waals surface area contributed by atoms with Crippen LogP contribution < -0.4 is 11.1 Å². The molecule has 0 aromatic carbocycles. The van der Waals surface area contributed by atoms with Crippen LogP contribution in [0, 0.1) is 0 Å². The number of carboxylic acids is 1. The van der Waals surface area contributed by atoms with E-state index in [4.69, 9.17) is 15.6 Å². The summed E-state index contributed by atoms with van der Waals surface area (Å²) < 4.78 is 5.07. The predicted molar refractivity (Wildman–Crippen MR) is 65.3 cm³/mol. The summed E-state index contributed by atoms with van der Waals surface area (Å²) in [7, 11) is 1.46. The maximum Gasteiger partial charge on any atom is 0.326 e. The molecule has 0 radical (unpaired) electrons. The number of carbonyl (C=O) groups excluding carboxylic acids is 2. The molecule has 1 fully saturated rings. The topological polar surface area (TPSA) is 122 Å². The Labute approximate surface area is 110 Å². The molecule has 108 valence electrons. The normalized spacial score (nSPS) is 23.2. The van der Waals surface area contributed by atoms with Crippen molar-refractivity contribution in [3.8, 4) is 0 Å². The average molecular weight is 273 g/mol. The number of methoxy groups -OCH3 is 1. The molecule has 19 heavy (non-hydrogen) atoms. The summed E-state index contributed by atoms with van der Waals surface area (Å²) in [4.78, 5) is 35.4. The van der Waals surface area contributed by atoms with Crippen molar-refractivity contribution in [3.63, 3.8) is 0 Å². The lowest BCUT2D eigenvalue weighted by Gasteiger charge is -2.28. The summed E-state index contributed by atoms with van der Waals surface area (Å²) in [5, 5.41) is 11.5. The summed E-state index contributed by atoms with van der Waals surface area (Å²) in [6.45, 7) is 3.06. The second-order valence-corrected chi connectivity index (χ2v) is 5.02. The number of nitrogens with zero attached hydrogens (tertiary/aromatic N) is 1. The highest BCUT2D eigenvalue weighted by Crippen LogP contribution is 2.21. The van der Waals surface area contributed by atoms with Crippen LogP contribution in [0.5, 0.6) is 0 Å². The molecule has 1 aliphatic rings. The number of ether oxygens (including phenoxy) is 1. The van der Waals surface area contributed by atoms with Crippen molar-refractivity contribution in [2.45, 2.75) is 38.0 Å². The molecule has 0 spiro atoms. The number of nitrogens with two attached hydrogens (primary N) is 1. The van der Waals surface area contributed by atoms with E-state index in [1.54, 1.807) is 0 Å². The van der Waals surface area contributed by atoms with Crippen LogP contribution in [0.25, 0.3) is 0 Å². The first-order valence-corrected chi connectivity index (χ1v) is 5.83. The largest absolute Gasteiger partial charge is 0.480 e. The van der Waals surface area contributed by atoms with Crippen LogP contribution in [0.4, 0.5) is 4.79 Å². The number of amides is 3. The Balaban J connectivity index is 2.80. The van der Waals surface area contributed by atoms with E-state index in [9.17, 15) is 14.4 Å². The van der Waals surface area contributed by atoms with Crippen molar-refractivity contribution in [1.82, 2.24) is 10.2 Å². The van der Waals surface area contributed by atoms with Crippen molar-refractivity contribution in [2.75, 3.05) is 13.7 Å². The Morgan fingerprint density at radius 3 is 2.42 bits per heavy atom. The molecule has 1 heterocycles. The maximum atomic E-state index is 12.0. The SMILES string of the molecule is COC1CC(C(=O)O)N(C(=O)NC(C)(C)C(N)=O)C1. The van der Waals surface area contributed by atoms with Crippen LogP contribution >= 0.6 is 0 Å². The van der Waals surface area contributed by atoms with Gasteiger partial charge in [-0.3, -0.25) is 4.79 Å². The maximum absolute atomic E-state index is 12.0. The molecular weight excluding hydrogens is 254 g/mol. The van der Waals surface area contributed by atoms with E-state index >= 15 is 0 Å². The molecule has 0 aliphatic carbocycles. The van der Waals surface area contributed by atoms with Crippen molar-refractivity contribution >= 4 is 17.9 Å². The van der Waals surface area contributed by atoms with Crippen molar-refractivity contribution < 1.29 is 24.2 Å². The highest BCUT2D eigenvalue weighted by atomic mass is 16.5. The van der Waals surface area contributed by atoms with E-state index in [2.05, 4.69) is 5.32 Å². The Morgan fingerprint density at radius 2 is 2.00 bits per heavy atom. The molecule has 1 aliphatic heterocycles. The molecule has 3 amide bonds. The third-order valence-corrected chi connectivity index (χ3v) is 3.18. The van der Waals surface area contributed by atoms with Crippen molar-refractivity contribution in [1.29, 1.82) is 0 Å². The Morgan fingerprint density at radius 1 is 1.42 bits per heavy atom. The molecular formula is C11H19N3O5. The Kier molecular flexibility index (Phi) is 4.35. The molecule has 8 nitrogen and oxygen atoms in total. The van der Waals surface area contributed by atoms with E-state index in [0.717, 1.165) is 4.90 Å². The van der Waals surface area contributed by atoms with E-state index in [1.807, 2.05) is 0 Å². The lowest BCUT2D eigenvalue weighted by atomic mass is 10.1. The molecule has 0 aromatic heterocycles. The van der Waals surface area contributed by atoms with Crippen LogP contribution in [0.15, 0.2) is 0 Å². The van der Waals surface area contributed by atoms with Gasteiger partial charge in [0.1, 0.15) is 11.6 Å². The Bertz CT molecular complexity index is 396. The Hall–Kier alpha value is -1.83. The number of hydrogen-bond acceptors (Lipinski definition) is 4. The van der Waals surface area contributed by atoms with Crippen LogP contribution in [0.1, 0.15) is 20.3 Å². The minimum Gasteiger partial charge on any atom is -0.480 e. The third kappa shape index (κ3) is 3.34. The number of carbonyl (C=O) groups is 3. The number of hydrogen-bond donors (Lipinski definition) is 3. The van der Waals surface area contributed by atoms with Gasteiger partial charge >= 0.3 is 12.0 Å². The first kappa shape index (κ1) is 15.2. The predicted octanol–water partition coefficient (Wildman–Crippen LogP) is -0.866. The van der Waals surface area contributed by atoms with Crippen LogP contribution in [-0.2, 0) is 14.3 Å². The zero-order valence-electron chi connectivity index (χ0n) is 11.2. The first-order valence-electron chi connectivity index (χ1n) is 5.83. The molecule has 8 heteroatoms. The summed E-state index contributed by atoms with van der Waals surface area (Å²) >= 11 is 0. The summed E-state index contributed by atoms with van der Waals surface area (Å²) in [5.41, 5.74) is 3.91. The number of nitrogens with one attached hydrogen (secondary N) is 1. The fourth-order valence-corrected chi connectivity index (χ4v) is 1.83. The van der Waals surface area contributed by atoms with E-state index in [0.29, 0.717) is 0 Å². The summed E-state index contributed by atoms with van der Waals surface area (Å²) in [5.74, 6) is -1.80. The van der Waals surface area contributed by atoms with Gasteiger partial charge < -0.3 is 25.8 Å². The lowest BCUT2D eigenvalue weighted by molar-refractivity contribution is -0.141. The number of aliphatic carboxylic acids is 1. The van der Waals surface area contributed by atoms with Gasteiger partial charge in [0.2, 0.25) is 5.91 Å². The van der Waals surface area contributed by atoms with Crippen LogP contribution in [0.2, 0.25) is 0 Å².